The highest BCUT2D eigenvalue weighted by Crippen LogP contribution is 2.40. The Labute approximate surface area is 200 Å². The Morgan fingerprint density at radius 3 is 2.41 bits per heavy atom. The number of piperazine rings is 1. The van der Waals surface area contributed by atoms with Gasteiger partial charge in [-0.05, 0) is 41.0 Å². The second-order valence-corrected chi connectivity index (χ2v) is 8.90. The molecule has 182 valence electrons. The van der Waals surface area contributed by atoms with E-state index in [1.807, 2.05) is 35.0 Å². The van der Waals surface area contributed by atoms with Gasteiger partial charge in [0.05, 0.1) is 19.9 Å². The van der Waals surface area contributed by atoms with Crippen molar-refractivity contribution in [3.63, 3.8) is 0 Å². The van der Waals surface area contributed by atoms with Crippen LogP contribution in [0, 0.1) is 11.7 Å². The van der Waals surface area contributed by atoms with Crippen molar-refractivity contribution in [3.05, 3.63) is 59.7 Å². The van der Waals surface area contributed by atoms with Crippen molar-refractivity contribution < 1.29 is 13.9 Å². The lowest BCUT2D eigenvalue weighted by Gasteiger charge is -2.40. The zero-order valence-corrected chi connectivity index (χ0v) is 20.3. The lowest BCUT2D eigenvalue weighted by atomic mass is 10.0. The van der Waals surface area contributed by atoms with Crippen molar-refractivity contribution in [1.82, 2.24) is 25.1 Å². The number of methoxy groups -OCH3 is 2. The molecule has 0 radical (unpaired) electrons. The van der Waals surface area contributed by atoms with Gasteiger partial charge in [-0.3, -0.25) is 4.90 Å². The molecule has 0 saturated carbocycles. The lowest BCUT2D eigenvalue weighted by molar-refractivity contribution is 0.195. The summed E-state index contributed by atoms with van der Waals surface area (Å²) in [6, 6.07) is 12.6. The van der Waals surface area contributed by atoms with Crippen molar-refractivity contribution in [2.45, 2.75) is 32.9 Å². The molecular formula is C25H33FN6O2. The number of aromatic nitrogens is 4. The van der Waals surface area contributed by atoms with Crippen molar-refractivity contribution in [2.75, 3.05) is 45.3 Å². The van der Waals surface area contributed by atoms with Gasteiger partial charge in [-0.15, -0.1) is 5.10 Å². The molecular weight excluding hydrogens is 435 g/mol. The van der Waals surface area contributed by atoms with E-state index >= 15 is 0 Å². The molecule has 4 rings (SSSR count). The quantitative estimate of drug-likeness (QED) is 0.473. The van der Waals surface area contributed by atoms with Crippen molar-refractivity contribution in [3.8, 4) is 11.5 Å². The van der Waals surface area contributed by atoms with E-state index in [1.165, 1.54) is 6.07 Å². The molecule has 2 heterocycles. The molecule has 8 nitrogen and oxygen atoms in total. The second kappa shape index (κ2) is 10.8. The highest BCUT2D eigenvalue weighted by molar-refractivity contribution is 5.50. The fourth-order valence-electron chi connectivity index (χ4n) is 4.50. The second-order valence-electron chi connectivity index (χ2n) is 8.90. The van der Waals surface area contributed by atoms with Crippen LogP contribution in [0.25, 0.3) is 0 Å². The molecule has 1 aliphatic heterocycles. The first kappa shape index (κ1) is 23.9. The number of nitrogens with zero attached hydrogens (tertiary/aromatic N) is 6. The van der Waals surface area contributed by atoms with E-state index in [2.05, 4.69) is 39.2 Å². The summed E-state index contributed by atoms with van der Waals surface area (Å²) in [5, 5.41) is 12.8. The minimum absolute atomic E-state index is 0.195. The summed E-state index contributed by atoms with van der Waals surface area (Å²) in [5.74, 6) is 2.44. The molecule has 0 amide bonds. The molecule has 34 heavy (non-hydrogen) atoms. The number of ether oxygens (including phenoxy) is 2. The van der Waals surface area contributed by atoms with Crippen LogP contribution in [0.1, 0.15) is 37.7 Å². The van der Waals surface area contributed by atoms with E-state index in [0.29, 0.717) is 36.2 Å². The first-order valence-corrected chi connectivity index (χ1v) is 11.7. The average molecular weight is 469 g/mol. The van der Waals surface area contributed by atoms with Gasteiger partial charge in [0.2, 0.25) is 0 Å². The average Bonchev–Trinajstić information content (AvgIpc) is 3.31. The van der Waals surface area contributed by atoms with Crippen LogP contribution in [0.4, 0.5) is 10.1 Å². The molecule has 9 heteroatoms. The van der Waals surface area contributed by atoms with Gasteiger partial charge in [0.1, 0.15) is 11.9 Å². The summed E-state index contributed by atoms with van der Waals surface area (Å²) in [5.41, 5.74) is 1.58. The number of hydrogen-bond donors (Lipinski definition) is 0. The predicted molar refractivity (Wildman–Crippen MR) is 129 cm³/mol. The molecule has 0 N–H and O–H groups in total. The molecule has 0 aliphatic carbocycles. The summed E-state index contributed by atoms with van der Waals surface area (Å²) < 4.78 is 27.7. The van der Waals surface area contributed by atoms with E-state index in [0.717, 1.165) is 37.4 Å². The van der Waals surface area contributed by atoms with Crippen LogP contribution < -0.4 is 14.4 Å². The molecule has 1 unspecified atom stereocenters. The van der Waals surface area contributed by atoms with Crippen LogP contribution in [-0.2, 0) is 6.54 Å². The smallest absolute Gasteiger partial charge is 0.173 e. The molecule has 2 aromatic carbocycles. The third kappa shape index (κ3) is 4.99. The molecule has 3 aromatic rings. The van der Waals surface area contributed by atoms with Gasteiger partial charge >= 0.3 is 0 Å². The number of halogens is 1. The van der Waals surface area contributed by atoms with Crippen molar-refractivity contribution >= 4 is 5.69 Å². The molecule has 1 aliphatic rings. The minimum atomic E-state index is -0.227. The largest absolute Gasteiger partial charge is 0.493 e. The van der Waals surface area contributed by atoms with Gasteiger partial charge in [0, 0.05) is 38.3 Å². The molecule has 0 spiro atoms. The SMILES string of the molecule is COc1cccc(C(c2nnnn2CCC(C)C)N2CCN(c3ccccc3F)CC2)c1OC. The molecule has 1 saturated heterocycles. The lowest BCUT2D eigenvalue weighted by Crippen LogP contribution is -2.48. The monoisotopic (exact) mass is 468 g/mol. The predicted octanol–water partition coefficient (Wildman–Crippen LogP) is 3.79. The Kier molecular flexibility index (Phi) is 7.62. The zero-order chi connectivity index (χ0) is 24.1. The highest BCUT2D eigenvalue weighted by atomic mass is 19.1. The van der Waals surface area contributed by atoms with Crippen molar-refractivity contribution in [1.29, 1.82) is 0 Å². The van der Waals surface area contributed by atoms with Crippen LogP contribution in [0.3, 0.4) is 0 Å². The topological polar surface area (TPSA) is 68.5 Å². The molecule has 0 bridgehead atoms. The standard InChI is InChI=1S/C25H33FN6O2/c1-18(2)12-13-32-25(27-28-29-32)23(19-8-7-11-22(33-3)24(19)34-4)31-16-14-30(15-17-31)21-10-6-5-9-20(21)26/h5-11,18,23H,12-17H2,1-4H3. The first-order valence-electron chi connectivity index (χ1n) is 11.7. The normalized spacial score (nSPS) is 15.5. The highest BCUT2D eigenvalue weighted by Gasteiger charge is 2.33. The number of benzene rings is 2. The Bertz CT molecular complexity index is 1080. The van der Waals surface area contributed by atoms with E-state index in [4.69, 9.17) is 9.47 Å². The van der Waals surface area contributed by atoms with Gasteiger partial charge < -0.3 is 14.4 Å². The Morgan fingerprint density at radius 1 is 0.971 bits per heavy atom. The van der Waals surface area contributed by atoms with Crippen LogP contribution in [-0.4, -0.2) is 65.5 Å². The van der Waals surface area contributed by atoms with Gasteiger partial charge in [-0.1, -0.05) is 38.1 Å². The Balaban J connectivity index is 1.68. The van der Waals surface area contributed by atoms with Gasteiger partial charge in [-0.2, -0.15) is 0 Å². The van der Waals surface area contributed by atoms with E-state index in [9.17, 15) is 4.39 Å². The Morgan fingerprint density at radius 2 is 1.74 bits per heavy atom. The minimum Gasteiger partial charge on any atom is -0.493 e. The molecule has 1 aromatic heterocycles. The molecule has 1 atom stereocenters. The van der Waals surface area contributed by atoms with Crippen molar-refractivity contribution in [2.24, 2.45) is 5.92 Å². The maximum Gasteiger partial charge on any atom is 0.173 e. The maximum absolute atomic E-state index is 14.4. The third-order valence-electron chi connectivity index (χ3n) is 6.32. The number of tetrazole rings is 1. The van der Waals surface area contributed by atoms with Gasteiger partial charge in [-0.25, -0.2) is 9.07 Å². The molecule has 1 fully saturated rings. The summed E-state index contributed by atoms with van der Waals surface area (Å²) >= 11 is 0. The summed E-state index contributed by atoms with van der Waals surface area (Å²) in [6.07, 6.45) is 0.973. The van der Waals surface area contributed by atoms with E-state index < -0.39 is 0 Å². The first-order chi connectivity index (χ1) is 16.5. The number of hydrogen-bond acceptors (Lipinski definition) is 7. The number of para-hydroxylation sites is 2. The number of anilines is 1. The van der Waals surface area contributed by atoms with Gasteiger partial charge in [0.15, 0.2) is 17.3 Å². The maximum atomic E-state index is 14.4. The van der Waals surface area contributed by atoms with Crippen LogP contribution in [0.5, 0.6) is 11.5 Å². The zero-order valence-electron chi connectivity index (χ0n) is 20.3. The Hall–Kier alpha value is -3.20. The fraction of sp³-hybridized carbons (Fsp3) is 0.480. The number of rotatable bonds is 9. The van der Waals surface area contributed by atoms with Gasteiger partial charge in [0.25, 0.3) is 0 Å². The van der Waals surface area contributed by atoms with Crippen LogP contribution in [0.15, 0.2) is 42.5 Å². The van der Waals surface area contributed by atoms with Crippen LogP contribution in [0.2, 0.25) is 0 Å². The van der Waals surface area contributed by atoms with E-state index in [1.54, 1.807) is 20.3 Å². The summed E-state index contributed by atoms with van der Waals surface area (Å²) in [6.45, 7) is 7.93. The fourth-order valence-corrected chi connectivity index (χ4v) is 4.50. The van der Waals surface area contributed by atoms with Crippen LogP contribution >= 0.6 is 0 Å². The van der Waals surface area contributed by atoms with E-state index in [-0.39, 0.29) is 11.9 Å². The number of aryl methyl sites for hydroxylation is 1. The summed E-state index contributed by atoms with van der Waals surface area (Å²) in [4.78, 5) is 4.43. The summed E-state index contributed by atoms with van der Waals surface area (Å²) in [7, 11) is 3.28. The third-order valence-corrected chi connectivity index (χ3v) is 6.32.